The first-order chi connectivity index (χ1) is 12.1. The maximum atomic E-state index is 13.3. The van der Waals surface area contributed by atoms with Gasteiger partial charge in [-0.25, -0.2) is 14.1 Å². The summed E-state index contributed by atoms with van der Waals surface area (Å²) in [5.41, 5.74) is 0.440. The Balaban J connectivity index is 1.90. The van der Waals surface area contributed by atoms with Gasteiger partial charge in [-0.15, -0.1) is 0 Å². The lowest BCUT2D eigenvalue weighted by Gasteiger charge is -2.05. The molecule has 0 radical (unpaired) electrons. The van der Waals surface area contributed by atoms with E-state index in [0.29, 0.717) is 22.8 Å². The highest BCUT2D eigenvalue weighted by molar-refractivity contribution is 7.09. The standard InChI is InChI=1S/C15H13FN6O2S/c1-2-18-12(23)8-22-13(24)4-3-11(20-22)14-19-15(25-21-14)9-5-10(16)7-17-6-9/h3-7H,2,8H2,1H3,(H,18,23). The Morgan fingerprint density at radius 2 is 2.20 bits per heavy atom. The zero-order valence-electron chi connectivity index (χ0n) is 13.1. The summed E-state index contributed by atoms with van der Waals surface area (Å²) in [6.45, 7) is 2.06. The maximum absolute atomic E-state index is 13.3. The van der Waals surface area contributed by atoms with Crippen molar-refractivity contribution < 1.29 is 9.18 Å². The highest BCUT2D eigenvalue weighted by Crippen LogP contribution is 2.24. The topological polar surface area (TPSA) is 103 Å². The summed E-state index contributed by atoms with van der Waals surface area (Å²) in [7, 11) is 0. The van der Waals surface area contributed by atoms with Crippen molar-refractivity contribution in [1.82, 2.24) is 29.4 Å². The van der Waals surface area contributed by atoms with Crippen LogP contribution in [0.15, 0.2) is 35.4 Å². The van der Waals surface area contributed by atoms with Gasteiger partial charge in [-0.2, -0.15) is 9.47 Å². The van der Waals surface area contributed by atoms with Crippen LogP contribution in [0.25, 0.3) is 22.1 Å². The first kappa shape index (κ1) is 16.8. The number of hydrogen-bond donors (Lipinski definition) is 1. The van der Waals surface area contributed by atoms with Crippen LogP contribution >= 0.6 is 11.5 Å². The third kappa shape index (κ3) is 3.91. The van der Waals surface area contributed by atoms with Gasteiger partial charge in [0, 0.05) is 24.4 Å². The van der Waals surface area contributed by atoms with E-state index in [2.05, 4.69) is 24.8 Å². The number of nitrogens with zero attached hydrogens (tertiary/aromatic N) is 5. The molecule has 1 N–H and O–H groups in total. The smallest absolute Gasteiger partial charge is 0.267 e. The molecule has 0 bridgehead atoms. The Hall–Kier alpha value is -3.01. The molecular formula is C15H13FN6O2S. The van der Waals surface area contributed by atoms with Crippen molar-refractivity contribution in [3.05, 3.63) is 46.8 Å². The summed E-state index contributed by atoms with van der Waals surface area (Å²) in [4.78, 5) is 31.6. The summed E-state index contributed by atoms with van der Waals surface area (Å²) < 4.78 is 18.5. The van der Waals surface area contributed by atoms with E-state index in [1.807, 2.05) is 0 Å². The molecule has 0 unspecified atom stereocenters. The second kappa shape index (κ2) is 7.26. The van der Waals surface area contributed by atoms with Gasteiger partial charge in [0.05, 0.1) is 6.20 Å². The first-order valence-corrected chi connectivity index (χ1v) is 8.14. The molecule has 3 rings (SSSR count). The zero-order valence-corrected chi connectivity index (χ0v) is 14.0. The number of carbonyl (C=O) groups is 1. The molecule has 0 fully saturated rings. The Morgan fingerprint density at radius 3 is 2.96 bits per heavy atom. The fourth-order valence-electron chi connectivity index (χ4n) is 2.04. The van der Waals surface area contributed by atoms with Gasteiger partial charge in [0.25, 0.3) is 5.56 Å². The average molecular weight is 360 g/mol. The van der Waals surface area contributed by atoms with E-state index in [1.165, 1.54) is 24.4 Å². The molecule has 0 atom stereocenters. The van der Waals surface area contributed by atoms with Gasteiger partial charge in [-0.1, -0.05) is 0 Å². The summed E-state index contributed by atoms with van der Waals surface area (Å²) in [6, 6.07) is 4.08. The normalized spacial score (nSPS) is 10.6. The highest BCUT2D eigenvalue weighted by atomic mass is 32.1. The van der Waals surface area contributed by atoms with E-state index in [1.54, 1.807) is 6.92 Å². The lowest BCUT2D eigenvalue weighted by molar-refractivity contribution is -0.121. The van der Waals surface area contributed by atoms with Crippen LogP contribution in [-0.4, -0.2) is 36.6 Å². The van der Waals surface area contributed by atoms with Crippen LogP contribution in [0.2, 0.25) is 0 Å². The van der Waals surface area contributed by atoms with Gasteiger partial charge in [0.2, 0.25) is 5.91 Å². The summed E-state index contributed by atoms with van der Waals surface area (Å²) in [6.07, 6.45) is 2.58. The van der Waals surface area contributed by atoms with Crippen molar-refractivity contribution in [1.29, 1.82) is 0 Å². The largest absolute Gasteiger partial charge is 0.355 e. The fourth-order valence-corrected chi connectivity index (χ4v) is 2.70. The minimum Gasteiger partial charge on any atom is -0.355 e. The maximum Gasteiger partial charge on any atom is 0.267 e. The van der Waals surface area contributed by atoms with E-state index >= 15 is 0 Å². The number of aromatic nitrogens is 5. The molecule has 3 aromatic rings. The number of carbonyl (C=O) groups excluding carboxylic acids is 1. The molecule has 0 saturated heterocycles. The van der Waals surface area contributed by atoms with Crippen LogP contribution in [-0.2, 0) is 11.3 Å². The number of rotatable bonds is 5. The molecule has 0 aromatic carbocycles. The van der Waals surface area contributed by atoms with Crippen molar-refractivity contribution in [2.45, 2.75) is 13.5 Å². The molecule has 0 aliphatic carbocycles. The molecular weight excluding hydrogens is 347 g/mol. The lowest BCUT2D eigenvalue weighted by atomic mass is 10.3. The van der Waals surface area contributed by atoms with Gasteiger partial charge < -0.3 is 5.32 Å². The summed E-state index contributed by atoms with van der Waals surface area (Å²) in [5, 5.41) is 7.20. The molecule has 0 aliphatic heterocycles. The zero-order chi connectivity index (χ0) is 17.8. The van der Waals surface area contributed by atoms with Crippen molar-refractivity contribution in [2.24, 2.45) is 0 Å². The molecule has 8 nitrogen and oxygen atoms in total. The number of halogens is 1. The van der Waals surface area contributed by atoms with Gasteiger partial charge in [-0.05, 0) is 30.6 Å². The second-order valence-corrected chi connectivity index (χ2v) is 5.73. The van der Waals surface area contributed by atoms with E-state index in [9.17, 15) is 14.0 Å². The van der Waals surface area contributed by atoms with Gasteiger partial charge in [-0.3, -0.25) is 14.6 Å². The molecule has 3 aromatic heterocycles. The molecule has 1 amide bonds. The monoisotopic (exact) mass is 360 g/mol. The van der Waals surface area contributed by atoms with Crippen LogP contribution in [0.4, 0.5) is 4.39 Å². The predicted octanol–water partition coefficient (Wildman–Crippen LogP) is 1.10. The number of likely N-dealkylation sites (N-methyl/N-ethyl adjacent to an activating group) is 1. The first-order valence-electron chi connectivity index (χ1n) is 7.36. The van der Waals surface area contributed by atoms with Gasteiger partial charge in [0.1, 0.15) is 23.1 Å². The molecule has 3 heterocycles. The Kier molecular flexibility index (Phi) is 4.89. The van der Waals surface area contributed by atoms with E-state index < -0.39 is 11.4 Å². The third-order valence-corrected chi connectivity index (χ3v) is 3.91. The van der Waals surface area contributed by atoms with Crippen LogP contribution in [0.1, 0.15) is 6.92 Å². The van der Waals surface area contributed by atoms with Crippen LogP contribution in [0.5, 0.6) is 0 Å². The van der Waals surface area contributed by atoms with E-state index in [4.69, 9.17) is 0 Å². The molecule has 10 heteroatoms. The number of nitrogens with one attached hydrogen (secondary N) is 1. The Labute approximate surface area is 145 Å². The van der Waals surface area contributed by atoms with E-state index in [0.717, 1.165) is 22.4 Å². The van der Waals surface area contributed by atoms with Crippen molar-refractivity contribution >= 4 is 17.4 Å². The SMILES string of the molecule is CCNC(=O)Cn1nc(-c2nsc(-c3cncc(F)c3)n2)ccc1=O. The molecule has 0 saturated carbocycles. The molecule has 0 spiro atoms. The van der Waals surface area contributed by atoms with Crippen molar-refractivity contribution in [3.63, 3.8) is 0 Å². The summed E-state index contributed by atoms with van der Waals surface area (Å²) in [5.74, 6) is -0.496. The average Bonchev–Trinajstić information content (AvgIpc) is 3.07. The van der Waals surface area contributed by atoms with Gasteiger partial charge >= 0.3 is 0 Å². The van der Waals surface area contributed by atoms with Crippen LogP contribution < -0.4 is 10.9 Å². The quantitative estimate of drug-likeness (QED) is 0.731. The Morgan fingerprint density at radius 1 is 1.36 bits per heavy atom. The summed E-state index contributed by atoms with van der Waals surface area (Å²) >= 11 is 1.06. The molecule has 0 aliphatic rings. The van der Waals surface area contributed by atoms with Crippen molar-refractivity contribution in [2.75, 3.05) is 6.54 Å². The Bertz CT molecular complexity index is 970. The van der Waals surface area contributed by atoms with Crippen LogP contribution in [0.3, 0.4) is 0 Å². The third-order valence-electron chi connectivity index (χ3n) is 3.14. The lowest BCUT2D eigenvalue weighted by Crippen LogP contribution is -2.33. The van der Waals surface area contributed by atoms with Crippen LogP contribution in [0, 0.1) is 5.82 Å². The number of pyridine rings is 1. The van der Waals surface area contributed by atoms with E-state index in [-0.39, 0.29) is 18.3 Å². The number of amides is 1. The molecule has 128 valence electrons. The minimum absolute atomic E-state index is 0.189. The molecule has 25 heavy (non-hydrogen) atoms. The number of hydrogen-bond acceptors (Lipinski definition) is 7. The second-order valence-electron chi connectivity index (χ2n) is 4.98. The van der Waals surface area contributed by atoms with Crippen molar-refractivity contribution in [3.8, 4) is 22.1 Å². The minimum atomic E-state index is -0.470. The highest BCUT2D eigenvalue weighted by Gasteiger charge is 2.13. The predicted molar refractivity (Wildman–Crippen MR) is 89.3 cm³/mol. The van der Waals surface area contributed by atoms with Gasteiger partial charge in [0.15, 0.2) is 5.82 Å². The fraction of sp³-hybridized carbons (Fsp3) is 0.200.